The first-order valence-electron chi connectivity index (χ1n) is 18.3. The first-order chi connectivity index (χ1) is 26.8. The molecule has 2 heterocycles. The van der Waals surface area contributed by atoms with Gasteiger partial charge in [0, 0.05) is 45.8 Å². The van der Waals surface area contributed by atoms with Crippen LogP contribution >= 0.6 is 0 Å². The molecule has 0 saturated carbocycles. The molecule has 0 unspecified atom stereocenters. The van der Waals surface area contributed by atoms with Gasteiger partial charge in [0.15, 0.2) is 0 Å². The molecular weight excluding hydrogens is 657 g/mol. The van der Waals surface area contributed by atoms with Crippen molar-refractivity contribution in [3.63, 3.8) is 0 Å². The van der Waals surface area contributed by atoms with E-state index in [1.165, 1.54) is 33.0 Å². The van der Waals surface area contributed by atoms with Crippen molar-refractivity contribution in [2.45, 2.75) is 0 Å². The molecule has 0 aliphatic carbocycles. The lowest BCUT2D eigenvalue weighted by Gasteiger charge is -2.26. The van der Waals surface area contributed by atoms with E-state index in [1.807, 2.05) is 12.4 Å². The Kier molecular flexibility index (Phi) is 7.81. The summed E-state index contributed by atoms with van der Waals surface area (Å²) in [5.41, 5.74) is 14.2. The molecule has 0 radical (unpaired) electrons. The molecule has 0 spiro atoms. The third kappa shape index (κ3) is 5.60. The number of fused-ring (bicyclic) bond motifs is 5. The van der Waals surface area contributed by atoms with E-state index < -0.39 is 0 Å². The molecule has 254 valence electrons. The van der Waals surface area contributed by atoms with E-state index in [4.69, 9.17) is 4.42 Å². The van der Waals surface area contributed by atoms with Gasteiger partial charge in [0.2, 0.25) is 0 Å². The van der Waals surface area contributed by atoms with Crippen molar-refractivity contribution in [2.24, 2.45) is 0 Å². The lowest BCUT2D eigenvalue weighted by molar-refractivity contribution is 0.670. The summed E-state index contributed by atoms with van der Waals surface area (Å²) in [6.07, 6.45) is 3.69. The number of aromatic nitrogens is 1. The maximum absolute atomic E-state index is 6.79. The van der Waals surface area contributed by atoms with Crippen molar-refractivity contribution in [3.8, 4) is 44.5 Å². The lowest BCUT2D eigenvalue weighted by Crippen LogP contribution is -2.09. The number of anilines is 3. The van der Waals surface area contributed by atoms with E-state index in [9.17, 15) is 0 Å². The molecule has 10 aromatic rings. The number of hydrogen-bond acceptors (Lipinski definition) is 3. The largest absolute Gasteiger partial charge is 0.455 e. The fourth-order valence-electron chi connectivity index (χ4n) is 7.76. The van der Waals surface area contributed by atoms with Crippen molar-refractivity contribution >= 4 is 49.8 Å². The van der Waals surface area contributed by atoms with Gasteiger partial charge in [-0.3, -0.25) is 4.98 Å². The summed E-state index contributed by atoms with van der Waals surface area (Å²) >= 11 is 0. The third-order valence-corrected chi connectivity index (χ3v) is 10.4. The molecule has 3 heteroatoms. The average molecular weight is 691 g/mol. The highest BCUT2D eigenvalue weighted by Gasteiger charge is 2.20. The van der Waals surface area contributed by atoms with Gasteiger partial charge in [0.25, 0.3) is 0 Å². The van der Waals surface area contributed by atoms with E-state index in [1.54, 1.807) is 0 Å². The number of furan rings is 1. The van der Waals surface area contributed by atoms with Crippen molar-refractivity contribution in [3.05, 3.63) is 207 Å². The Morgan fingerprint density at radius 1 is 0.370 bits per heavy atom. The molecule has 8 aromatic carbocycles. The van der Waals surface area contributed by atoms with Gasteiger partial charge in [-0.05, 0) is 110 Å². The van der Waals surface area contributed by atoms with E-state index >= 15 is 0 Å². The summed E-state index contributed by atoms with van der Waals surface area (Å²) in [5.74, 6) is 0. The van der Waals surface area contributed by atoms with Crippen molar-refractivity contribution < 1.29 is 4.42 Å². The molecule has 0 N–H and O–H groups in total. The highest BCUT2D eigenvalue weighted by Crippen LogP contribution is 2.45. The summed E-state index contributed by atoms with van der Waals surface area (Å²) in [7, 11) is 0. The Balaban J connectivity index is 1.10. The molecule has 10 rings (SSSR count). The molecule has 0 amide bonds. The van der Waals surface area contributed by atoms with Crippen LogP contribution in [-0.2, 0) is 0 Å². The zero-order valence-corrected chi connectivity index (χ0v) is 29.4. The topological polar surface area (TPSA) is 29.3 Å². The van der Waals surface area contributed by atoms with Crippen LogP contribution < -0.4 is 4.90 Å². The molecular formula is C51H34N2O. The summed E-state index contributed by atoms with van der Waals surface area (Å²) in [5, 5.41) is 4.61. The van der Waals surface area contributed by atoms with Crippen molar-refractivity contribution in [1.82, 2.24) is 4.98 Å². The van der Waals surface area contributed by atoms with E-state index in [0.717, 1.165) is 61.3 Å². The lowest BCUT2D eigenvalue weighted by atomic mass is 9.93. The fraction of sp³-hybridized carbons (Fsp3) is 0. The quantitative estimate of drug-likeness (QED) is 0.167. The monoisotopic (exact) mass is 690 g/mol. The maximum atomic E-state index is 6.79. The fourth-order valence-corrected chi connectivity index (χ4v) is 7.76. The smallest absolute Gasteiger partial charge is 0.143 e. The van der Waals surface area contributed by atoms with Crippen LogP contribution in [-0.4, -0.2) is 4.98 Å². The Labute approximate surface area is 314 Å². The number of nitrogens with zero attached hydrogens (tertiary/aromatic N) is 2. The van der Waals surface area contributed by atoms with Crippen LogP contribution in [0.3, 0.4) is 0 Å². The van der Waals surface area contributed by atoms with Gasteiger partial charge < -0.3 is 9.32 Å². The van der Waals surface area contributed by atoms with E-state index in [2.05, 4.69) is 204 Å². The summed E-state index contributed by atoms with van der Waals surface area (Å²) in [6.45, 7) is 0. The summed E-state index contributed by atoms with van der Waals surface area (Å²) in [6, 6.07) is 68.9. The highest BCUT2D eigenvalue weighted by atomic mass is 16.3. The standard InChI is InChI=1S/C51H34N2O/c1-3-10-35(11-4-1)37-18-24-42(25-19-37)53(43-26-20-38(21-27-43)36-12-5-2-6-13-36)44-28-22-39(23-29-44)47-34-41-14-7-8-15-46(41)50-49-45(40-30-32-52-33-31-40)16-9-17-48(49)54-51(47)50/h1-34H. The molecule has 0 saturated heterocycles. The van der Waals surface area contributed by atoms with Gasteiger partial charge in [-0.1, -0.05) is 133 Å². The Bertz CT molecular complexity index is 2800. The van der Waals surface area contributed by atoms with E-state index in [0.29, 0.717) is 0 Å². The zero-order chi connectivity index (χ0) is 35.8. The predicted octanol–water partition coefficient (Wildman–Crippen LogP) is 14.3. The van der Waals surface area contributed by atoms with Crippen LogP contribution in [0.2, 0.25) is 0 Å². The van der Waals surface area contributed by atoms with E-state index in [-0.39, 0.29) is 0 Å². The van der Waals surface area contributed by atoms with Gasteiger partial charge >= 0.3 is 0 Å². The number of rotatable bonds is 7. The van der Waals surface area contributed by atoms with Gasteiger partial charge in [-0.2, -0.15) is 0 Å². The van der Waals surface area contributed by atoms with Gasteiger partial charge in [0.1, 0.15) is 11.2 Å². The first kappa shape index (κ1) is 31.5. The summed E-state index contributed by atoms with van der Waals surface area (Å²) in [4.78, 5) is 6.59. The maximum Gasteiger partial charge on any atom is 0.143 e. The minimum absolute atomic E-state index is 0.873. The zero-order valence-electron chi connectivity index (χ0n) is 29.4. The van der Waals surface area contributed by atoms with Crippen LogP contribution in [0.25, 0.3) is 77.2 Å². The second kappa shape index (κ2) is 13.4. The van der Waals surface area contributed by atoms with Crippen molar-refractivity contribution in [2.75, 3.05) is 4.90 Å². The van der Waals surface area contributed by atoms with Gasteiger partial charge in [-0.25, -0.2) is 0 Å². The Morgan fingerprint density at radius 2 is 0.870 bits per heavy atom. The normalized spacial score (nSPS) is 11.3. The second-order valence-electron chi connectivity index (χ2n) is 13.6. The van der Waals surface area contributed by atoms with Crippen molar-refractivity contribution in [1.29, 1.82) is 0 Å². The van der Waals surface area contributed by atoms with Crippen LogP contribution in [0.1, 0.15) is 0 Å². The molecule has 0 aliphatic heterocycles. The molecule has 0 bridgehead atoms. The third-order valence-electron chi connectivity index (χ3n) is 10.4. The molecule has 2 aromatic heterocycles. The number of benzene rings is 8. The molecule has 0 atom stereocenters. The van der Waals surface area contributed by atoms with Crippen LogP contribution in [0.15, 0.2) is 211 Å². The number of hydrogen-bond donors (Lipinski definition) is 0. The SMILES string of the molecule is c1ccc(-c2ccc(N(c3ccc(-c4ccccc4)cc3)c3ccc(-c4cc5ccccc5c5c4oc4cccc(-c6ccncc6)c45)cc3)cc2)cc1. The predicted molar refractivity (Wildman–Crippen MR) is 225 cm³/mol. The molecule has 54 heavy (non-hydrogen) atoms. The Morgan fingerprint density at radius 3 is 1.46 bits per heavy atom. The minimum atomic E-state index is 0.873. The molecule has 3 nitrogen and oxygen atoms in total. The van der Waals surface area contributed by atoms with Crippen LogP contribution in [0, 0.1) is 0 Å². The van der Waals surface area contributed by atoms with Gasteiger partial charge in [-0.15, -0.1) is 0 Å². The second-order valence-corrected chi connectivity index (χ2v) is 13.6. The highest BCUT2D eigenvalue weighted by molar-refractivity contribution is 6.25. The van der Waals surface area contributed by atoms with Crippen LogP contribution in [0.5, 0.6) is 0 Å². The summed E-state index contributed by atoms with van der Waals surface area (Å²) < 4.78 is 6.79. The Hall–Kier alpha value is -7.23. The number of pyridine rings is 1. The van der Waals surface area contributed by atoms with Gasteiger partial charge in [0.05, 0.1) is 0 Å². The van der Waals surface area contributed by atoms with Crippen LogP contribution in [0.4, 0.5) is 17.1 Å². The molecule has 0 fully saturated rings. The minimum Gasteiger partial charge on any atom is -0.455 e. The molecule has 0 aliphatic rings. The first-order valence-corrected chi connectivity index (χ1v) is 18.3. The average Bonchev–Trinajstić information content (AvgIpc) is 3.66.